The SMILES string of the molecule is Cc1ccc(/C=C/C(=O)OCC(=O)N[C@@H](C)c2ccccc2)o1. The van der Waals surface area contributed by atoms with Gasteiger partial charge in [-0.05, 0) is 37.6 Å². The highest BCUT2D eigenvalue weighted by atomic mass is 16.5. The Kier molecular flexibility index (Phi) is 5.74. The zero-order valence-electron chi connectivity index (χ0n) is 13.1. The Morgan fingerprint density at radius 3 is 2.61 bits per heavy atom. The molecule has 5 heteroatoms. The van der Waals surface area contributed by atoms with Crippen LogP contribution in [0.4, 0.5) is 0 Å². The molecule has 0 fully saturated rings. The maximum Gasteiger partial charge on any atom is 0.331 e. The first-order chi connectivity index (χ1) is 11.0. The van der Waals surface area contributed by atoms with E-state index in [1.807, 2.05) is 44.2 Å². The smallest absolute Gasteiger partial charge is 0.331 e. The Morgan fingerprint density at radius 2 is 1.96 bits per heavy atom. The van der Waals surface area contributed by atoms with Crippen LogP contribution < -0.4 is 5.32 Å². The fourth-order valence-electron chi connectivity index (χ4n) is 1.99. The van der Waals surface area contributed by atoms with E-state index in [1.165, 1.54) is 12.2 Å². The maximum absolute atomic E-state index is 11.8. The van der Waals surface area contributed by atoms with Gasteiger partial charge in [0.05, 0.1) is 6.04 Å². The number of ether oxygens (including phenoxy) is 1. The lowest BCUT2D eigenvalue weighted by Crippen LogP contribution is -2.30. The highest BCUT2D eigenvalue weighted by Gasteiger charge is 2.10. The van der Waals surface area contributed by atoms with Crippen LogP contribution in [0.5, 0.6) is 0 Å². The van der Waals surface area contributed by atoms with Crippen molar-refractivity contribution in [3.63, 3.8) is 0 Å². The largest absolute Gasteiger partial charge is 0.462 e. The van der Waals surface area contributed by atoms with Gasteiger partial charge in [-0.15, -0.1) is 0 Å². The van der Waals surface area contributed by atoms with E-state index < -0.39 is 5.97 Å². The molecule has 0 aliphatic rings. The molecule has 0 aliphatic carbocycles. The molecule has 23 heavy (non-hydrogen) atoms. The average Bonchev–Trinajstić information content (AvgIpc) is 2.97. The molecule has 5 nitrogen and oxygen atoms in total. The minimum atomic E-state index is -0.596. The molecule has 0 saturated carbocycles. The molecule has 1 atom stereocenters. The third-order valence-corrected chi connectivity index (χ3v) is 3.17. The number of nitrogens with one attached hydrogen (secondary N) is 1. The van der Waals surface area contributed by atoms with Crippen LogP contribution >= 0.6 is 0 Å². The first-order valence-corrected chi connectivity index (χ1v) is 7.30. The van der Waals surface area contributed by atoms with Crippen molar-refractivity contribution in [3.8, 4) is 0 Å². The maximum atomic E-state index is 11.8. The van der Waals surface area contributed by atoms with E-state index in [0.717, 1.165) is 11.3 Å². The van der Waals surface area contributed by atoms with Crippen molar-refractivity contribution in [1.82, 2.24) is 5.32 Å². The summed E-state index contributed by atoms with van der Waals surface area (Å²) in [4.78, 5) is 23.3. The van der Waals surface area contributed by atoms with Crippen LogP contribution in [0.2, 0.25) is 0 Å². The van der Waals surface area contributed by atoms with Crippen LogP contribution in [-0.4, -0.2) is 18.5 Å². The summed E-state index contributed by atoms with van der Waals surface area (Å²) in [5, 5.41) is 2.77. The second-order valence-electron chi connectivity index (χ2n) is 5.09. The van der Waals surface area contributed by atoms with Crippen LogP contribution in [0.1, 0.15) is 30.0 Å². The van der Waals surface area contributed by atoms with Gasteiger partial charge in [0.2, 0.25) is 0 Å². The van der Waals surface area contributed by atoms with Gasteiger partial charge < -0.3 is 14.5 Å². The van der Waals surface area contributed by atoms with Crippen LogP contribution in [0.3, 0.4) is 0 Å². The van der Waals surface area contributed by atoms with Gasteiger partial charge in [0.15, 0.2) is 6.61 Å². The van der Waals surface area contributed by atoms with Gasteiger partial charge in [0, 0.05) is 6.08 Å². The van der Waals surface area contributed by atoms with Crippen molar-refractivity contribution in [3.05, 3.63) is 65.6 Å². The summed E-state index contributed by atoms with van der Waals surface area (Å²) in [6, 6.07) is 12.9. The zero-order valence-corrected chi connectivity index (χ0v) is 13.1. The highest BCUT2D eigenvalue weighted by molar-refractivity contribution is 5.89. The van der Waals surface area contributed by atoms with E-state index in [2.05, 4.69) is 5.32 Å². The highest BCUT2D eigenvalue weighted by Crippen LogP contribution is 2.11. The Bertz CT molecular complexity index is 688. The lowest BCUT2D eigenvalue weighted by Gasteiger charge is -2.13. The molecule has 0 unspecified atom stereocenters. The van der Waals surface area contributed by atoms with E-state index in [4.69, 9.17) is 9.15 Å². The zero-order chi connectivity index (χ0) is 16.7. The molecular weight excluding hydrogens is 294 g/mol. The average molecular weight is 313 g/mol. The fraction of sp³-hybridized carbons (Fsp3) is 0.222. The lowest BCUT2D eigenvalue weighted by molar-refractivity contribution is -0.144. The third-order valence-electron chi connectivity index (χ3n) is 3.17. The molecule has 1 amide bonds. The van der Waals surface area contributed by atoms with Crippen molar-refractivity contribution in [2.75, 3.05) is 6.61 Å². The Balaban J connectivity index is 1.75. The van der Waals surface area contributed by atoms with Crippen LogP contribution in [0.25, 0.3) is 6.08 Å². The van der Waals surface area contributed by atoms with Crippen molar-refractivity contribution < 1.29 is 18.7 Å². The van der Waals surface area contributed by atoms with E-state index in [1.54, 1.807) is 12.1 Å². The molecule has 1 aromatic heterocycles. The first-order valence-electron chi connectivity index (χ1n) is 7.30. The minimum Gasteiger partial charge on any atom is -0.462 e. The van der Waals surface area contributed by atoms with Crippen molar-refractivity contribution in [2.24, 2.45) is 0 Å². The van der Waals surface area contributed by atoms with E-state index >= 15 is 0 Å². The Hall–Kier alpha value is -2.82. The van der Waals surface area contributed by atoms with Gasteiger partial charge in [-0.1, -0.05) is 30.3 Å². The van der Waals surface area contributed by atoms with Gasteiger partial charge in [-0.2, -0.15) is 0 Å². The molecule has 1 N–H and O–H groups in total. The molecule has 2 aromatic rings. The van der Waals surface area contributed by atoms with Gasteiger partial charge in [0.25, 0.3) is 5.91 Å². The number of aryl methyl sites for hydroxylation is 1. The van der Waals surface area contributed by atoms with Gasteiger partial charge in [0.1, 0.15) is 11.5 Å². The van der Waals surface area contributed by atoms with E-state index in [9.17, 15) is 9.59 Å². The first kappa shape index (κ1) is 16.5. The number of carbonyl (C=O) groups is 2. The third kappa shape index (κ3) is 5.47. The molecule has 1 heterocycles. The number of carbonyl (C=O) groups excluding carboxylic acids is 2. The normalized spacial score (nSPS) is 12.1. The van der Waals surface area contributed by atoms with Crippen molar-refractivity contribution in [2.45, 2.75) is 19.9 Å². The topological polar surface area (TPSA) is 68.5 Å². The summed E-state index contributed by atoms with van der Waals surface area (Å²) < 4.78 is 10.2. The number of amides is 1. The van der Waals surface area contributed by atoms with E-state index in [-0.39, 0.29) is 18.6 Å². The summed E-state index contributed by atoms with van der Waals surface area (Å²) in [7, 11) is 0. The molecule has 1 aromatic carbocycles. The number of esters is 1. The molecule has 0 radical (unpaired) electrons. The van der Waals surface area contributed by atoms with Gasteiger partial charge >= 0.3 is 5.97 Å². The molecular formula is C18H19NO4. The van der Waals surface area contributed by atoms with Gasteiger partial charge in [-0.3, -0.25) is 4.79 Å². The second kappa shape index (κ2) is 7.98. The predicted molar refractivity (Wildman–Crippen MR) is 86.4 cm³/mol. The number of benzene rings is 1. The monoisotopic (exact) mass is 313 g/mol. The van der Waals surface area contributed by atoms with Gasteiger partial charge in [-0.25, -0.2) is 4.79 Å². The molecule has 2 rings (SSSR count). The molecule has 0 bridgehead atoms. The van der Waals surface area contributed by atoms with E-state index in [0.29, 0.717) is 5.76 Å². The molecule has 0 aliphatic heterocycles. The quantitative estimate of drug-likeness (QED) is 0.657. The number of hydrogen-bond donors (Lipinski definition) is 1. The number of rotatable bonds is 6. The van der Waals surface area contributed by atoms with Crippen molar-refractivity contribution >= 4 is 18.0 Å². The summed E-state index contributed by atoms with van der Waals surface area (Å²) >= 11 is 0. The number of furan rings is 1. The lowest BCUT2D eigenvalue weighted by atomic mass is 10.1. The summed E-state index contributed by atoms with van der Waals surface area (Å²) in [6.07, 6.45) is 2.73. The Labute approximate surface area is 134 Å². The summed E-state index contributed by atoms with van der Waals surface area (Å²) in [5.41, 5.74) is 0.986. The summed E-state index contributed by atoms with van der Waals surface area (Å²) in [5.74, 6) is 0.368. The fourth-order valence-corrected chi connectivity index (χ4v) is 1.99. The summed E-state index contributed by atoms with van der Waals surface area (Å²) in [6.45, 7) is 3.36. The molecule has 0 spiro atoms. The van der Waals surface area contributed by atoms with Crippen LogP contribution in [-0.2, 0) is 14.3 Å². The van der Waals surface area contributed by atoms with Crippen LogP contribution in [0.15, 0.2) is 53.0 Å². The molecule has 120 valence electrons. The van der Waals surface area contributed by atoms with Crippen molar-refractivity contribution in [1.29, 1.82) is 0 Å². The van der Waals surface area contributed by atoms with Crippen LogP contribution in [0, 0.1) is 6.92 Å². The number of hydrogen-bond acceptors (Lipinski definition) is 4. The molecule has 0 saturated heterocycles. The minimum absolute atomic E-state index is 0.149. The Morgan fingerprint density at radius 1 is 1.22 bits per heavy atom. The standard InChI is InChI=1S/C18H19NO4/c1-13-8-9-16(23-13)10-11-18(21)22-12-17(20)19-14(2)15-6-4-3-5-7-15/h3-11,14H,12H2,1-2H3,(H,19,20)/b11-10+/t14-/m0/s1. The second-order valence-corrected chi connectivity index (χ2v) is 5.09. The predicted octanol–water partition coefficient (Wildman–Crippen LogP) is 3.02.